The highest BCUT2D eigenvalue weighted by molar-refractivity contribution is 5.88. The molecule has 2 atom stereocenters. The summed E-state index contributed by atoms with van der Waals surface area (Å²) in [5.41, 5.74) is -0.311. The van der Waals surface area contributed by atoms with Crippen molar-refractivity contribution >= 4 is 5.78 Å². The van der Waals surface area contributed by atoms with Gasteiger partial charge in [0.25, 0.3) is 0 Å². The second-order valence-corrected chi connectivity index (χ2v) is 4.97. The fourth-order valence-corrected chi connectivity index (χ4v) is 1.76. The number of nitriles is 1. The lowest BCUT2D eigenvalue weighted by Gasteiger charge is -2.30. The van der Waals surface area contributed by atoms with Gasteiger partial charge in [0.15, 0.2) is 5.78 Å². The maximum Gasteiger partial charge on any atom is 0.155 e. The van der Waals surface area contributed by atoms with Gasteiger partial charge in [0.1, 0.15) is 0 Å². The van der Waals surface area contributed by atoms with Crippen LogP contribution in [0.1, 0.15) is 33.6 Å². The third-order valence-corrected chi connectivity index (χ3v) is 2.64. The van der Waals surface area contributed by atoms with E-state index in [-0.39, 0.29) is 23.2 Å². The highest BCUT2D eigenvalue weighted by Crippen LogP contribution is 2.23. The Hall–Kier alpha value is -0.880. The Balaban J connectivity index is 2.62. The first-order chi connectivity index (χ1) is 6.45. The standard InChI is InChI=1S/C11H18N2O/c1-11(2,3)10(14)9-6-8(7-12)4-5-13-9/h8-9,13H,4-6H2,1-3H3. The van der Waals surface area contributed by atoms with Gasteiger partial charge in [0, 0.05) is 11.3 Å². The molecule has 1 fully saturated rings. The molecule has 0 aromatic carbocycles. The molecule has 14 heavy (non-hydrogen) atoms. The van der Waals surface area contributed by atoms with Gasteiger partial charge in [-0.05, 0) is 19.4 Å². The summed E-state index contributed by atoms with van der Waals surface area (Å²) in [7, 11) is 0. The van der Waals surface area contributed by atoms with Crippen LogP contribution >= 0.6 is 0 Å². The highest BCUT2D eigenvalue weighted by atomic mass is 16.1. The van der Waals surface area contributed by atoms with Gasteiger partial charge in [-0.25, -0.2) is 0 Å². The van der Waals surface area contributed by atoms with Crippen LogP contribution in [-0.4, -0.2) is 18.4 Å². The van der Waals surface area contributed by atoms with Gasteiger partial charge in [0.2, 0.25) is 0 Å². The van der Waals surface area contributed by atoms with Crippen LogP contribution in [-0.2, 0) is 4.79 Å². The molecule has 1 aliphatic rings. The predicted molar refractivity (Wildman–Crippen MR) is 54.6 cm³/mol. The van der Waals surface area contributed by atoms with Crippen molar-refractivity contribution in [3.63, 3.8) is 0 Å². The molecule has 3 nitrogen and oxygen atoms in total. The van der Waals surface area contributed by atoms with E-state index in [0.717, 1.165) is 13.0 Å². The minimum absolute atomic E-state index is 0.0487. The maximum absolute atomic E-state index is 11.9. The Morgan fingerprint density at radius 2 is 2.14 bits per heavy atom. The van der Waals surface area contributed by atoms with E-state index in [2.05, 4.69) is 11.4 Å². The first kappa shape index (κ1) is 11.2. The first-order valence-electron chi connectivity index (χ1n) is 5.12. The van der Waals surface area contributed by atoms with Crippen molar-refractivity contribution in [3.05, 3.63) is 0 Å². The lowest BCUT2D eigenvalue weighted by Crippen LogP contribution is -2.47. The number of carbonyl (C=O) groups excluding carboxylic acids is 1. The average molecular weight is 194 g/mol. The predicted octanol–water partition coefficient (Wildman–Crippen LogP) is 1.49. The van der Waals surface area contributed by atoms with Crippen LogP contribution in [0.25, 0.3) is 0 Å². The van der Waals surface area contributed by atoms with Crippen LogP contribution in [0.5, 0.6) is 0 Å². The topological polar surface area (TPSA) is 52.9 Å². The molecule has 1 N–H and O–H groups in total. The minimum atomic E-state index is -0.311. The summed E-state index contributed by atoms with van der Waals surface area (Å²) >= 11 is 0. The Morgan fingerprint density at radius 1 is 1.50 bits per heavy atom. The third kappa shape index (κ3) is 2.55. The third-order valence-electron chi connectivity index (χ3n) is 2.64. The summed E-state index contributed by atoms with van der Waals surface area (Å²) in [6, 6.07) is 2.13. The molecule has 3 heteroatoms. The summed E-state index contributed by atoms with van der Waals surface area (Å²) in [6.07, 6.45) is 1.54. The van der Waals surface area contributed by atoms with Crippen LogP contribution in [0.4, 0.5) is 0 Å². The molecule has 0 aromatic heterocycles. The van der Waals surface area contributed by atoms with E-state index in [1.807, 2.05) is 20.8 Å². The largest absolute Gasteiger partial charge is 0.307 e. The van der Waals surface area contributed by atoms with Crippen molar-refractivity contribution in [1.82, 2.24) is 5.32 Å². The fourth-order valence-electron chi connectivity index (χ4n) is 1.76. The molecule has 0 aromatic rings. The number of Topliss-reactive ketones (excluding diaryl/α,β-unsaturated/α-hetero) is 1. The van der Waals surface area contributed by atoms with Gasteiger partial charge in [0.05, 0.1) is 12.1 Å². The zero-order chi connectivity index (χ0) is 10.8. The number of piperidine rings is 1. The average Bonchev–Trinajstić information content (AvgIpc) is 2.15. The summed E-state index contributed by atoms with van der Waals surface area (Å²) in [5.74, 6) is 0.269. The highest BCUT2D eigenvalue weighted by Gasteiger charge is 2.33. The van der Waals surface area contributed by atoms with Gasteiger partial charge in [-0.2, -0.15) is 5.26 Å². The number of nitrogens with one attached hydrogen (secondary N) is 1. The van der Waals surface area contributed by atoms with Crippen LogP contribution in [0.3, 0.4) is 0 Å². The van der Waals surface area contributed by atoms with E-state index in [1.54, 1.807) is 0 Å². The zero-order valence-electron chi connectivity index (χ0n) is 9.13. The smallest absolute Gasteiger partial charge is 0.155 e. The summed E-state index contributed by atoms with van der Waals surface area (Å²) < 4.78 is 0. The number of hydrogen-bond donors (Lipinski definition) is 1. The molecule has 0 spiro atoms. The molecule has 78 valence electrons. The van der Waals surface area contributed by atoms with Crippen LogP contribution in [0, 0.1) is 22.7 Å². The number of ketones is 1. The molecule has 0 saturated carbocycles. The molecule has 1 aliphatic heterocycles. The number of nitrogens with zero attached hydrogens (tertiary/aromatic N) is 1. The van der Waals surface area contributed by atoms with Crippen molar-refractivity contribution in [2.75, 3.05) is 6.54 Å². The second-order valence-electron chi connectivity index (χ2n) is 4.97. The van der Waals surface area contributed by atoms with E-state index < -0.39 is 0 Å². The van der Waals surface area contributed by atoms with E-state index in [1.165, 1.54) is 0 Å². The van der Waals surface area contributed by atoms with Gasteiger partial charge >= 0.3 is 0 Å². The lowest BCUT2D eigenvalue weighted by atomic mass is 9.81. The molecular formula is C11H18N2O. The molecule has 1 heterocycles. The van der Waals surface area contributed by atoms with Crippen molar-refractivity contribution in [2.45, 2.75) is 39.7 Å². The summed E-state index contributed by atoms with van der Waals surface area (Å²) in [5, 5.41) is 12.0. The Bertz CT molecular complexity index is 259. The molecule has 2 unspecified atom stereocenters. The molecule has 1 rings (SSSR count). The Morgan fingerprint density at radius 3 is 2.64 bits per heavy atom. The van der Waals surface area contributed by atoms with Crippen LogP contribution < -0.4 is 5.32 Å². The lowest BCUT2D eigenvalue weighted by molar-refractivity contribution is -0.129. The Kier molecular flexibility index (Phi) is 3.28. The summed E-state index contributed by atoms with van der Waals surface area (Å²) in [6.45, 7) is 6.55. The van der Waals surface area contributed by atoms with E-state index >= 15 is 0 Å². The van der Waals surface area contributed by atoms with Gasteiger partial charge in [-0.1, -0.05) is 20.8 Å². The molecule has 0 amide bonds. The first-order valence-corrected chi connectivity index (χ1v) is 5.12. The zero-order valence-corrected chi connectivity index (χ0v) is 9.13. The number of carbonyl (C=O) groups is 1. The number of rotatable bonds is 1. The molecular weight excluding hydrogens is 176 g/mol. The molecule has 0 radical (unpaired) electrons. The van der Waals surface area contributed by atoms with E-state index in [4.69, 9.17) is 5.26 Å². The van der Waals surface area contributed by atoms with Crippen molar-refractivity contribution in [3.8, 4) is 6.07 Å². The Labute approximate surface area is 85.5 Å². The van der Waals surface area contributed by atoms with Gasteiger partial charge < -0.3 is 5.32 Å². The van der Waals surface area contributed by atoms with Crippen molar-refractivity contribution in [2.24, 2.45) is 11.3 Å². The van der Waals surface area contributed by atoms with Gasteiger partial charge in [-0.3, -0.25) is 4.79 Å². The van der Waals surface area contributed by atoms with E-state index in [9.17, 15) is 4.79 Å². The van der Waals surface area contributed by atoms with Gasteiger partial charge in [-0.15, -0.1) is 0 Å². The molecule has 0 aliphatic carbocycles. The quantitative estimate of drug-likeness (QED) is 0.688. The van der Waals surface area contributed by atoms with E-state index in [0.29, 0.717) is 6.42 Å². The molecule has 1 saturated heterocycles. The number of hydrogen-bond acceptors (Lipinski definition) is 3. The van der Waals surface area contributed by atoms with Crippen molar-refractivity contribution < 1.29 is 4.79 Å². The monoisotopic (exact) mass is 194 g/mol. The molecule has 0 bridgehead atoms. The SMILES string of the molecule is CC(C)(C)C(=O)C1CC(C#N)CCN1. The van der Waals surface area contributed by atoms with Crippen LogP contribution in [0.15, 0.2) is 0 Å². The fraction of sp³-hybridized carbons (Fsp3) is 0.818. The minimum Gasteiger partial charge on any atom is -0.307 e. The van der Waals surface area contributed by atoms with Crippen molar-refractivity contribution in [1.29, 1.82) is 5.26 Å². The maximum atomic E-state index is 11.9. The summed E-state index contributed by atoms with van der Waals surface area (Å²) in [4.78, 5) is 11.9. The normalized spacial score (nSPS) is 28.1. The second kappa shape index (κ2) is 4.10. The van der Waals surface area contributed by atoms with Crippen LogP contribution in [0.2, 0.25) is 0 Å².